The van der Waals surface area contributed by atoms with Crippen LogP contribution in [0.15, 0.2) is 383 Å². The monoisotopic (exact) mass is 1530 g/mol. The van der Waals surface area contributed by atoms with E-state index in [-0.39, 0.29) is 0 Å². The van der Waals surface area contributed by atoms with Crippen molar-refractivity contribution in [3.05, 3.63) is 383 Å². The molecule has 0 aliphatic heterocycles. The Bertz CT molecular complexity index is 7860. The molecule has 0 bridgehead atoms. The van der Waals surface area contributed by atoms with Crippen LogP contribution in [0, 0.1) is 0 Å². The van der Waals surface area contributed by atoms with Gasteiger partial charge in [-0.1, -0.05) is 188 Å². The Hall–Kier alpha value is -16.7. The van der Waals surface area contributed by atoms with Crippen LogP contribution < -0.4 is 0 Å². The van der Waals surface area contributed by atoms with Gasteiger partial charge in [0.15, 0.2) is 52.4 Å². The van der Waals surface area contributed by atoms with Gasteiger partial charge in [-0.05, 0) is 220 Å². The number of rotatable bonds is 9. The van der Waals surface area contributed by atoms with Crippen molar-refractivity contribution in [2.24, 2.45) is 0 Å². The van der Waals surface area contributed by atoms with E-state index < -0.39 is 0 Å². The van der Waals surface area contributed by atoms with Crippen molar-refractivity contribution >= 4 is 130 Å². The quantitative estimate of drug-likeness (QED) is 0.124. The van der Waals surface area contributed by atoms with Crippen molar-refractivity contribution < 1.29 is 0 Å². The first-order chi connectivity index (χ1) is 59.3. The molecule has 0 fully saturated rings. The Balaban J connectivity index is 0.000000108. The highest BCUT2D eigenvalue weighted by molar-refractivity contribution is 6.12. The van der Waals surface area contributed by atoms with E-state index >= 15 is 0 Å². The first kappa shape index (κ1) is 70.0. The third-order valence-electron chi connectivity index (χ3n) is 22.2. The van der Waals surface area contributed by atoms with Crippen LogP contribution in [0.4, 0.5) is 0 Å². The summed E-state index contributed by atoms with van der Waals surface area (Å²) in [6.45, 7) is 0. The fraction of sp³-hybridized carbons (Fsp3) is 0. The zero-order valence-electron chi connectivity index (χ0n) is 64.1. The molecule has 0 aliphatic carbocycles. The average molecular weight is 1530 g/mol. The van der Waals surface area contributed by atoms with Gasteiger partial charge in [0.25, 0.3) is 0 Å². The number of benzene rings is 15. The van der Waals surface area contributed by atoms with Gasteiger partial charge in [0.2, 0.25) is 0 Å². The minimum absolute atomic E-state index is 0.621. The summed E-state index contributed by atoms with van der Waals surface area (Å²) in [4.78, 5) is 71.2. The minimum atomic E-state index is 0.621. The summed E-state index contributed by atoms with van der Waals surface area (Å²) in [7, 11) is 0. The summed E-state index contributed by atoms with van der Waals surface area (Å²) in [5.74, 6) is 5.69. The van der Waals surface area contributed by atoms with Crippen LogP contribution in [0.2, 0.25) is 0 Å². The van der Waals surface area contributed by atoms with E-state index in [0.717, 1.165) is 153 Å². The second-order valence-electron chi connectivity index (χ2n) is 29.7. The third kappa shape index (κ3) is 13.6. The minimum Gasteiger partial charge on any atom is -0.264 e. The molecule has 0 aliphatic rings. The lowest BCUT2D eigenvalue weighted by Crippen LogP contribution is -2.01. The smallest absolute Gasteiger partial charge is 0.165 e. The summed E-state index contributed by atoms with van der Waals surface area (Å²) in [5.41, 5.74) is 10.3. The number of hydrogen-bond acceptors (Lipinski definition) is 15. The number of nitrogens with zero attached hydrogens (tertiary/aromatic N) is 15. The molecular weight excluding hydrogens is 1470 g/mol. The van der Waals surface area contributed by atoms with E-state index in [4.69, 9.17) is 44.9 Å². The molecule has 0 atom stereocenters. The van der Waals surface area contributed by atoms with Gasteiger partial charge in [0.1, 0.15) is 0 Å². The summed E-state index contributed by atoms with van der Waals surface area (Å²) in [6, 6.07) is 111. The normalized spacial score (nSPS) is 11.5. The van der Waals surface area contributed by atoms with E-state index in [9.17, 15) is 0 Å². The second-order valence-corrected chi connectivity index (χ2v) is 29.7. The molecule has 9 heterocycles. The predicted octanol–water partition coefficient (Wildman–Crippen LogP) is 24.8. The lowest BCUT2D eigenvalue weighted by molar-refractivity contribution is 1.08. The molecule has 558 valence electrons. The molecule has 24 rings (SSSR count). The number of aromatic nitrogens is 15. The summed E-state index contributed by atoms with van der Waals surface area (Å²) in [6.07, 6.45) is 18.3. The Morgan fingerprint density at radius 3 is 0.842 bits per heavy atom. The maximum atomic E-state index is 5.12. The molecule has 0 N–H and O–H groups in total. The standard InChI is InChI=1S/3C35H21N5/c1-3-7-30-24(5-1)19-25-6-2-4-8-31(25)32(30)35-39-33(26-9-11-28-20-36-15-13-22(28)17-26)38-34(40-35)27-10-12-29-21-37-16-14-23(29)18-27;1-2-6-23-18-30-21-27(10-9-24(30)17-22(23)5-1)33-38-34(28-11-13-31-25(19-28)7-3-15-36-31)40-35(39-33)29-12-14-32-26(20-29)8-4-16-37-32;1-2-5-23-19-32-26(16-22(23)4-1)6-3-7-31(32)35-39-33(27-8-10-29-20-36-14-12-24(29)17-27)38-34(40-35)28-9-11-30-21-37-15-13-25(30)18-28/h3*1-21H. The van der Waals surface area contributed by atoms with Gasteiger partial charge in [-0.15, -0.1) is 0 Å². The van der Waals surface area contributed by atoms with Crippen LogP contribution in [-0.4, -0.2) is 74.8 Å². The van der Waals surface area contributed by atoms with Gasteiger partial charge >= 0.3 is 0 Å². The van der Waals surface area contributed by atoms with Crippen molar-refractivity contribution in [3.8, 4) is 102 Å². The van der Waals surface area contributed by atoms with Crippen molar-refractivity contribution in [3.63, 3.8) is 0 Å². The first-order valence-electron chi connectivity index (χ1n) is 39.5. The number of fused-ring (bicyclic) bond motifs is 12. The molecule has 0 unspecified atom stereocenters. The summed E-state index contributed by atoms with van der Waals surface area (Å²) >= 11 is 0. The highest BCUT2D eigenvalue weighted by Gasteiger charge is 2.21. The lowest BCUT2D eigenvalue weighted by Gasteiger charge is -2.13. The zero-order valence-corrected chi connectivity index (χ0v) is 64.1. The van der Waals surface area contributed by atoms with Crippen LogP contribution in [0.25, 0.3) is 232 Å². The molecular formula is C105H63N15. The van der Waals surface area contributed by atoms with E-state index in [2.05, 4.69) is 291 Å². The van der Waals surface area contributed by atoms with Gasteiger partial charge in [0.05, 0.1) is 11.0 Å². The maximum absolute atomic E-state index is 5.12. The topological polar surface area (TPSA) is 193 Å². The average Bonchev–Trinajstić information content (AvgIpc) is 0.756. The Labute approximate surface area is 686 Å². The Morgan fingerprint density at radius 1 is 0.150 bits per heavy atom. The molecule has 0 spiro atoms. The fourth-order valence-corrected chi connectivity index (χ4v) is 16.1. The second kappa shape index (κ2) is 30.0. The molecule has 9 aromatic heterocycles. The lowest BCUT2D eigenvalue weighted by atomic mass is 9.96. The van der Waals surface area contributed by atoms with E-state index in [0.29, 0.717) is 52.4 Å². The maximum Gasteiger partial charge on any atom is 0.165 e. The Kier molecular flexibility index (Phi) is 17.5. The van der Waals surface area contributed by atoms with Crippen LogP contribution in [0.1, 0.15) is 0 Å². The van der Waals surface area contributed by atoms with E-state index in [1.807, 2.05) is 97.8 Å². The SMILES string of the molecule is c1ccc2c(-c3nc(-c4ccc5cnccc5c4)nc(-c4ccc5cnccc5c4)n3)c3ccccc3cc2c1.c1ccc2cc3c(-c4nc(-c5ccc6cnccc6c5)nc(-c5ccc6cnccc6c5)n4)cccc3cc2c1.c1ccc2cc3cc(-c4nc(-c5ccc6ncccc6c5)nc(-c5ccc6ncccc6c5)n4)ccc3cc2c1. The van der Waals surface area contributed by atoms with Crippen LogP contribution in [0.3, 0.4) is 0 Å². The fourth-order valence-electron chi connectivity index (χ4n) is 16.1. The summed E-state index contributed by atoms with van der Waals surface area (Å²) < 4.78 is 0. The molecule has 0 radical (unpaired) electrons. The van der Waals surface area contributed by atoms with Gasteiger partial charge < -0.3 is 0 Å². The van der Waals surface area contributed by atoms with Gasteiger partial charge in [-0.2, -0.15) is 0 Å². The highest BCUT2D eigenvalue weighted by atomic mass is 15.1. The van der Waals surface area contributed by atoms with Crippen molar-refractivity contribution in [1.82, 2.24) is 74.8 Å². The third-order valence-corrected chi connectivity index (χ3v) is 22.2. The van der Waals surface area contributed by atoms with Crippen LogP contribution >= 0.6 is 0 Å². The molecule has 15 heteroatoms. The van der Waals surface area contributed by atoms with E-state index in [1.54, 1.807) is 24.8 Å². The Morgan fingerprint density at radius 2 is 0.425 bits per heavy atom. The summed E-state index contributed by atoms with van der Waals surface area (Å²) in [5, 5.41) is 24.7. The van der Waals surface area contributed by atoms with Gasteiger partial charge in [-0.3, -0.25) is 29.9 Å². The largest absolute Gasteiger partial charge is 0.264 e. The molecule has 24 aromatic rings. The van der Waals surface area contributed by atoms with Gasteiger partial charge in [-0.25, -0.2) is 44.9 Å². The molecule has 0 amide bonds. The molecule has 0 saturated heterocycles. The molecule has 0 saturated carbocycles. The number of hydrogen-bond donors (Lipinski definition) is 0. The molecule has 15 aromatic carbocycles. The highest BCUT2D eigenvalue weighted by Crippen LogP contribution is 2.40. The zero-order chi connectivity index (χ0) is 79.4. The molecule has 15 nitrogen and oxygen atoms in total. The van der Waals surface area contributed by atoms with Gasteiger partial charge in [0, 0.05) is 144 Å². The first-order valence-corrected chi connectivity index (χ1v) is 39.5. The van der Waals surface area contributed by atoms with E-state index in [1.165, 1.54) is 26.9 Å². The van der Waals surface area contributed by atoms with Crippen molar-refractivity contribution in [1.29, 1.82) is 0 Å². The molecule has 120 heavy (non-hydrogen) atoms. The van der Waals surface area contributed by atoms with Crippen molar-refractivity contribution in [2.45, 2.75) is 0 Å². The number of pyridine rings is 6. The van der Waals surface area contributed by atoms with Crippen LogP contribution in [0.5, 0.6) is 0 Å². The van der Waals surface area contributed by atoms with Crippen molar-refractivity contribution in [2.75, 3.05) is 0 Å². The van der Waals surface area contributed by atoms with Crippen LogP contribution in [-0.2, 0) is 0 Å². The predicted molar refractivity (Wildman–Crippen MR) is 485 cm³/mol.